The van der Waals surface area contributed by atoms with Gasteiger partial charge in [0.1, 0.15) is 0 Å². The van der Waals surface area contributed by atoms with Gasteiger partial charge in [-0.15, -0.1) is 0 Å². The highest BCUT2D eigenvalue weighted by Crippen LogP contribution is 2.58. The average molecular weight is 254 g/mol. The summed E-state index contributed by atoms with van der Waals surface area (Å²) in [6, 6.07) is 0. The van der Waals surface area contributed by atoms with E-state index in [2.05, 4.69) is 13.0 Å². The minimum Gasteiger partial charge on any atom is -0.392 e. The molecule has 18 heavy (non-hydrogen) atoms. The minimum absolute atomic E-state index is 0.0757. The zero-order valence-corrected chi connectivity index (χ0v) is 11.7. The topological polar surface area (TPSA) is 60.7 Å². The molecule has 0 aromatic rings. The van der Waals surface area contributed by atoms with Gasteiger partial charge < -0.3 is 15.3 Å². The predicted molar refractivity (Wildman–Crippen MR) is 71.1 cm³/mol. The first kappa shape index (κ1) is 14.0. The maximum absolute atomic E-state index is 10.7. The zero-order chi connectivity index (χ0) is 13.6. The number of hydrogen-bond donors (Lipinski definition) is 3. The van der Waals surface area contributed by atoms with Gasteiger partial charge in [0.05, 0.1) is 17.8 Å². The summed E-state index contributed by atoms with van der Waals surface area (Å²) in [6.45, 7) is 5.65. The van der Waals surface area contributed by atoms with Crippen molar-refractivity contribution in [3.8, 4) is 0 Å². The summed E-state index contributed by atoms with van der Waals surface area (Å²) in [5.41, 5.74) is -1.16. The molecule has 0 heterocycles. The molecule has 0 aliphatic heterocycles. The SMILES string of the molecule is C[C@H]1CCC=C(CO)[C@]12CC[C@@](O)(C(C)(C)O)C2. The van der Waals surface area contributed by atoms with Crippen molar-refractivity contribution in [2.75, 3.05) is 6.61 Å². The lowest BCUT2D eigenvalue weighted by Gasteiger charge is -2.43. The van der Waals surface area contributed by atoms with Crippen LogP contribution in [0.25, 0.3) is 0 Å². The molecule has 3 atom stereocenters. The van der Waals surface area contributed by atoms with E-state index in [0.717, 1.165) is 24.8 Å². The first-order chi connectivity index (χ1) is 8.25. The second-order valence-corrected chi connectivity index (χ2v) is 6.79. The van der Waals surface area contributed by atoms with Gasteiger partial charge in [0.2, 0.25) is 0 Å². The molecule has 0 unspecified atom stereocenters. The molecule has 0 radical (unpaired) electrons. The summed E-state index contributed by atoms with van der Waals surface area (Å²) in [7, 11) is 0. The fourth-order valence-corrected chi connectivity index (χ4v) is 3.87. The van der Waals surface area contributed by atoms with Crippen LogP contribution < -0.4 is 0 Å². The Kier molecular flexibility index (Phi) is 3.37. The lowest BCUT2D eigenvalue weighted by Crippen LogP contribution is -2.49. The van der Waals surface area contributed by atoms with E-state index in [1.54, 1.807) is 13.8 Å². The molecule has 2 rings (SSSR count). The van der Waals surface area contributed by atoms with E-state index in [9.17, 15) is 15.3 Å². The quantitative estimate of drug-likeness (QED) is 0.661. The summed E-state index contributed by atoms with van der Waals surface area (Å²) in [5.74, 6) is 0.459. The van der Waals surface area contributed by atoms with E-state index >= 15 is 0 Å². The lowest BCUT2D eigenvalue weighted by molar-refractivity contribution is -0.132. The van der Waals surface area contributed by atoms with Crippen LogP contribution in [-0.2, 0) is 0 Å². The van der Waals surface area contributed by atoms with E-state index in [4.69, 9.17) is 0 Å². The summed E-state index contributed by atoms with van der Waals surface area (Å²) in [5, 5.41) is 30.5. The van der Waals surface area contributed by atoms with Gasteiger partial charge in [-0.05, 0) is 62.9 Å². The second-order valence-electron chi connectivity index (χ2n) is 6.79. The van der Waals surface area contributed by atoms with Crippen LogP contribution in [0, 0.1) is 11.3 Å². The summed E-state index contributed by atoms with van der Waals surface area (Å²) in [6.07, 6.45) is 6.29. The molecule has 0 bridgehead atoms. The maximum atomic E-state index is 10.7. The molecule has 3 nitrogen and oxygen atoms in total. The van der Waals surface area contributed by atoms with Crippen LogP contribution in [0.1, 0.15) is 52.9 Å². The fourth-order valence-electron chi connectivity index (χ4n) is 3.87. The third-order valence-electron chi connectivity index (χ3n) is 5.48. The van der Waals surface area contributed by atoms with Crippen molar-refractivity contribution >= 4 is 0 Å². The predicted octanol–water partition coefficient (Wildman–Crippen LogP) is 2.01. The van der Waals surface area contributed by atoms with Crippen LogP contribution in [-0.4, -0.2) is 33.1 Å². The molecular formula is C15H26O3. The molecule has 0 aromatic carbocycles. The number of hydrogen-bond acceptors (Lipinski definition) is 3. The van der Waals surface area contributed by atoms with E-state index in [0.29, 0.717) is 18.8 Å². The molecule has 0 aromatic heterocycles. The lowest BCUT2D eigenvalue weighted by atomic mass is 9.63. The highest BCUT2D eigenvalue weighted by Gasteiger charge is 2.57. The van der Waals surface area contributed by atoms with Gasteiger partial charge in [-0.1, -0.05) is 13.0 Å². The summed E-state index contributed by atoms with van der Waals surface area (Å²) < 4.78 is 0. The number of rotatable bonds is 2. The van der Waals surface area contributed by atoms with Crippen molar-refractivity contribution < 1.29 is 15.3 Å². The third kappa shape index (κ3) is 1.93. The largest absolute Gasteiger partial charge is 0.392 e. The van der Waals surface area contributed by atoms with E-state index in [1.807, 2.05) is 0 Å². The molecule has 104 valence electrons. The average Bonchev–Trinajstić information content (AvgIpc) is 2.63. The Hall–Kier alpha value is -0.380. The van der Waals surface area contributed by atoms with Crippen molar-refractivity contribution in [3.05, 3.63) is 11.6 Å². The first-order valence-corrected chi connectivity index (χ1v) is 7.00. The molecule has 2 aliphatic rings. The van der Waals surface area contributed by atoms with Crippen LogP contribution in [0.4, 0.5) is 0 Å². The first-order valence-electron chi connectivity index (χ1n) is 7.00. The van der Waals surface area contributed by atoms with Crippen molar-refractivity contribution in [3.63, 3.8) is 0 Å². The molecule has 0 saturated heterocycles. The van der Waals surface area contributed by atoms with Crippen molar-refractivity contribution in [1.82, 2.24) is 0 Å². The van der Waals surface area contributed by atoms with E-state index in [1.165, 1.54) is 0 Å². The summed E-state index contributed by atoms with van der Waals surface area (Å²) >= 11 is 0. The van der Waals surface area contributed by atoms with Gasteiger partial charge in [-0.3, -0.25) is 0 Å². The highest BCUT2D eigenvalue weighted by molar-refractivity contribution is 5.25. The molecule has 1 saturated carbocycles. The monoisotopic (exact) mass is 254 g/mol. The van der Waals surface area contributed by atoms with Crippen molar-refractivity contribution in [2.24, 2.45) is 11.3 Å². The number of allylic oxidation sites excluding steroid dienone is 1. The molecule has 0 amide bonds. The second kappa shape index (κ2) is 4.32. The maximum Gasteiger partial charge on any atom is 0.0936 e. The fraction of sp³-hybridized carbons (Fsp3) is 0.867. The molecule has 2 aliphatic carbocycles. The molecule has 3 N–H and O–H groups in total. The Bertz CT molecular complexity index is 355. The number of aliphatic hydroxyl groups excluding tert-OH is 1. The Morgan fingerprint density at radius 3 is 2.56 bits per heavy atom. The Morgan fingerprint density at radius 2 is 2.06 bits per heavy atom. The van der Waals surface area contributed by atoms with Gasteiger partial charge in [0.15, 0.2) is 0 Å². The van der Waals surface area contributed by atoms with Gasteiger partial charge in [0.25, 0.3) is 0 Å². The van der Waals surface area contributed by atoms with Crippen LogP contribution in [0.2, 0.25) is 0 Å². The van der Waals surface area contributed by atoms with E-state index in [-0.39, 0.29) is 12.0 Å². The van der Waals surface area contributed by atoms with Crippen LogP contribution in [0.15, 0.2) is 11.6 Å². The molecular weight excluding hydrogens is 228 g/mol. The van der Waals surface area contributed by atoms with Gasteiger partial charge in [-0.25, -0.2) is 0 Å². The van der Waals surface area contributed by atoms with Crippen LogP contribution in [0.5, 0.6) is 0 Å². The smallest absolute Gasteiger partial charge is 0.0936 e. The minimum atomic E-state index is -1.09. The molecule has 1 spiro atoms. The Balaban J connectivity index is 2.34. The van der Waals surface area contributed by atoms with Crippen molar-refractivity contribution in [1.29, 1.82) is 0 Å². The highest BCUT2D eigenvalue weighted by atomic mass is 16.4. The molecule has 1 fully saturated rings. The third-order valence-corrected chi connectivity index (χ3v) is 5.48. The van der Waals surface area contributed by atoms with Crippen LogP contribution >= 0.6 is 0 Å². The Morgan fingerprint density at radius 1 is 1.39 bits per heavy atom. The molecule has 3 heteroatoms. The Labute approximate surface area is 110 Å². The van der Waals surface area contributed by atoms with Gasteiger partial charge in [0, 0.05) is 0 Å². The van der Waals surface area contributed by atoms with E-state index < -0.39 is 11.2 Å². The van der Waals surface area contributed by atoms with Crippen LogP contribution in [0.3, 0.4) is 0 Å². The van der Waals surface area contributed by atoms with Gasteiger partial charge in [-0.2, -0.15) is 0 Å². The number of aliphatic hydroxyl groups is 3. The zero-order valence-electron chi connectivity index (χ0n) is 11.7. The summed E-state index contributed by atoms with van der Waals surface area (Å²) in [4.78, 5) is 0. The normalized spacial score (nSPS) is 41.2. The van der Waals surface area contributed by atoms with Crippen molar-refractivity contribution in [2.45, 2.75) is 64.1 Å². The van der Waals surface area contributed by atoms with Gasteiger partial charge >= 0.3 is 0 Å². The standard InChI is InChI=1S/C15H26O3/c1-11-5-4-6-12(9-16)14(11)7-8-15(18,10-14)13(2,3)17/h6,11,16-18H,4-5,7-10H2,1-3H3/t11-,14-,15-/m0/s1.